The van der Waals surface area contributed by atoms with Gasteiger partial charge in [0.25, 0.3) is 5.91 Å². The SMILES string of the molecule is CCN(CC)CCOc1ccc(NC(=O)c2cc(Cl)c(N)cc2OC)cc1. The first-order chi connectivity index (χ1) is 13.0. The van der Waals surface area contributed by atoms with E-state index in [2.05, 4.69) is 24.1 Å². The number of carbonyl (C=O) groups is 1. The molecular formula is C20H26ClN3O3. The molecule has 27 heavy (non-hydrogen) atoms. The molecule has 0 aliphatic rings. The number of carbonyl (C=O) groups excluding carboxylic acids is 1. The Morgan fingerprint density at radius 3 is 2.44 bits per heavy atom. The lowest BCUT2D eigenvalue weighted by molar-refractivity contribution is 0.102. The van der Waals surface area contributed by atoms with Crippen molar-refractivity contribution >= 4 is 28.9 Å². The van der Waals surface area contributed by atoms with Crippen LogP contribution < -0.4 is 20.5 Å². The summed E-state index contributed by atoms with van der Waals surface area (Å²) in [6.45, 7) is 7.76. The summed E-state index contributed by atoms with van der Waals surface area (Å²) in [7, 11) is 1.48. The van der Waals surface area contributed by atoms with Gasteiger partial charge in [-0.1, -0.05) is 25.4 Å². The number of anilines is 2. The van der Waals surface area contributed by atoms with E-state index in [1.807, 2.05) is 12.1 Å². The van der Waals surface area contributed by atoms with Crippen LogP contribution >= 0.6 is 11.6 Å². The Labute approximate surface area is 165 Å². The number of nitrogens with zero attached hydrogens (tertiary/aromatic N) is 1. The topological polar surface area (TPSA) is 76.8 Å². The quantitative estimate of drug-likeness (QED) is 0.634. The molecule has 2 aromatic carbocycles. The van der Waals surface area contributed by atoms with Gasteiger partial charge < -0.3 is 25.4 Å². The number of halogens is 1. The minimum absolute atomic E-state index is 0.304. The summed E-state index contributed by atoms with van der Waals surface area (Å²) >= 11 is 6.02. The molecule has 0 bridgehead atoms. The lowest BCUT2D eigenvalue weighted by Crippen LogP contribution is -2.27. The Balaban J connectivity index is 1.98. The average Bonchev–Trinajstić information content (AvgIpc) is 2.68. The molecule has 0 aliphatic heterocycles. The summed E-state index contributed by atoms with van der Waals surface area (Å²) in [5.41, 5.74) is 7.07. The van der Waals surface area contributed by atoms with Crippen molar-refractivity contribution in [1.82, 2.24) is 4.90 Å². The number of hydrogen-bond donors (Lipinski definition) is 2. The van der Waals surface area contributed by atoms with Crippen molar-refractivity contribution in [3.05, 3.63) is 47.0 Å². The Hall–Kier alpha value is -2.44. The fourth-order valence-corrected chi connectivity index (χ4v) is 2.74. The van der Waals surface area contributed by atoms with Gasteiger partial charge >= 0.3 is 0 Å². The van der Waals surface area contributed by atoms with Crippen LogP contribution in [0.25, 0.3) is 0 Å². The number of amides is 1. The predicted octanol–water partition coefficient (Wildman–Crippen LogP) is 3.90. The number of methoxy groups -OCH3 is 1. The van der Waals surface area contributed by atoms with Crippen LogP contribution in [-0.4, -0.2) is 44.2 Å². The Morgan fingerprint density at radius 1 is 1.19 bits per heavy atom. The Bertz CT molecular complexity index is 762. The van der Waals surface area contributed by atoms with Gasteiger partial charge in [0.05, 0.1) is 23.4 Å². The molecule has 2 rings (SSSR count). The van der Waals surface area contributed by atoms with Gasteiger partial charge in [-0.3, -0.25) is 4.79 Å². The largest absolute Gasteiger partial charge is 0.496 e. The van der Waals surface area contributed by atoms with E-state index in [9.17, 15) is 4.79 Å². The second kappa shape index (κ2) is 10.0. The molecule has 0 saturated carbocycles. The van der Waals surface area contributed by atoms with Gasteiger partial charge in [0.1, 0.15) is 18.1 Å². The first kappa shape index (κ1) is 20.9. The number of nitrogens with two attached hydrogens (primary N) is 1. The molecule has 6 nitrogen and oxygen atoms in total. The zero-order valence-corrected chi connectivity index (χ0v) is 16.7. The Kier molecular flexibility index (Phi) is 7.76. The van der Waals surface area contributed by atoms with Gasteiger partial charge in [-0.25, -0.2) is 0 Å². The molecule has 0 heterocycles. The van der Waals surface area contributed by atoms with Gasteiger partial charge in [0.2, 0.25) is 0 Å². The highest BCUT2D eigenvalue weighted by Crippen LogP contribution is 2.29. The van der Waals surface area contributed by atoms with Gasteiger partial charge in [-0.05, 0) is 43.4 Å². The maximum Gasteiger partial charge on any atom is 0.259 e. The monoisotopic (exact) mass is 391 g/mol. The molecule has 146 valence electrons. The molecule has 3 N–H and O–H groups in total. The highest BCUT2D eigenvalue weighted by molar-refractivity contribution is 6.33. The number of nitrogens with one attached hydrogen (secondary N) is 1. The third-order valence-electron chi connectivity index (χ3n) is 4.25. The van der Waals surface area contributed by atoms with Crippen molar-refractivity contribution in [1.29, 1.82) is 0 Å². The summed E-state index contributed by atoms with van der Waals surface area (Å²) in [5.74, 6) is 0.794. The van der Waals surface area contributed by atoms with Gasteiger partial charge in [0, 0.05) is 18.3 Å². The summed E-state index contributed by atoms with van der Waals surface area (Å²) in [6.07, 6.45) is 0. The Morgan fingerprint density at radius 2 is 1.85 bits per heavy atom. The third-order valence-corrected chi connectivity index (χ3v) is 4.57. The van der Waals surface area contributed by atoms with E-state index in [0.29, 0.717) is 34.3 Å². The highest BCUT2D eigenvalue weighted by atomic mass is 35.5. The first-order valence-electron chi connectivity index (χ1n) is 8.88. The number of ether oxygens (including phenoxy) is 2. The van der Waals surface area contributed by atoms with Crippen LogP contribution in [0.3, 0.4) is 0 Å². The fourth-order valence-electron chi connectivity index (χ4n) is 2.58. The summed E-state index contributed by atoms with van der Waals surface area (Å²) in [6, 6.07) is 10.3. The first-order valence-corrected chi connectivity index (χ1v) is 9.25. The smallest absolute Gasteiger partial charge is 0.259 e. The number of benzene rings is 2. The van der Waals surface area contributed by atoms with Crippen molar-refractivity contribution in [3.63, 3.8) is 0 Å². The molecule has 0 aromatic heterocycles. The van der Waals surface area contributed by atoms with Gasteiger partial charge in [0.15, 0.2) is 0 Å². The fraction of sp³-hybridized carbons (Fsp3) is 0.350. The zero-order chi connectivity index (χ0) is 19.8. The van der Waals surface area contributed by atoms with Gasteiger partial charge in [-0.2, -0.15) is 0 Å². The van der Waals surface area contributed by atoms with E-state index in [0.717, 1.165) is 25.4 Å². The molecule has 0 fully saturated rings. The molecule has 0 unspecified atom stereocenters. The van der Waals surface area contributed by atoms with Crippen molar-refractivity contribution < 1.29 is 14.3 Å². The summed E-state index contributed by atoms with van der Waals surface area (Å²) in [5, 5.41) is 3.12. The number of hydrogen-bond acceptors (Lipinski definition) is 5. The van der Waals surface area contributed by atoms with E-state index < -0.39 is 0 Å². The van der Waals surface area contributed by atoms with Crippen LogP contribution in [0.5, 0.6) is 11.5 Å². The molecule has 2 aromatic rings. The molecule has 0 aliphatic carbocycles. The maximum atomic E-state index is 12.5. The third kappa shape index (κ3) is 5.77. The average molecular weight is 392 g/mol. The molecule has 0 spiro atoms. The van der Waals surface area contributed by atoms with Crippen molar-refractivity contribution in [2.24, 2.45) is 0 Å². The van der Waals surface area contributed by atoms with Gasteiger partial charge in [-0.15, -0.1) is 0 Å². The molecular weight excluding hydrogens is 366 g/mol. The summed E-state index contributed by atoms with van der Waals surface area (Å²) in [4.78, 5) is 14.8. The normalized spacial score (nSPS) is 10.7. The van der Waals surface area contributed by atoms with E-state index in [4.69, 9.17) is 26.8 Å². The summed E-state index contributed by atoms with van der Waals surface area (Å²) < 4.78 is 11.0. The zero-order valence-electron chi connectivity index (χ0n) is 15.9. The number of rotatable bonds is 9. The van der Waals surface area contributed by atoms with Crippen LogP contribution in [-0.2, 0) is 0 Å². The predicted molar refractivity (Wildman–Crippen MR) is 110 cm³/mol. The molecule has 0 saturated heterocycles. The molecule has 1 amide bonds. The minimum Gasteiger partial charge on any atom is -0.496 e. The van der Waals surface area contributed by atoms with E-state index in [1.54, 1.807) is 12.1 Å². The van der Waals surface area contributed by atoms with E-state index in [-0.39, 0.29) is 5.91 Å². The lowest BCUT2D eigenvalue weighted by Gasteiger charge is -2.18. The van der Waals surface area contributed by atoms with Crippen LogP contribution in [0.4, 0.5) is 11.4 Å². The molecule has 0 atom stereocenters. The van der Waals surface area contributed by atoms with Crippen LogP contribution in [0.2, 0.25) is 5.02 Å². The second-order valence-electron chi connectivity index (χ2n) is 5.93. The molecule has 0 radical (unpaired) electrons. The highest BCUT2D eigenvalue weighted by Gasteiger charge is 2.15. The maximum absolute atomic E-state index is 12.5. The van der Waals surface area contributed by atoms with Crippen molar-refractivity contribution in [3.8, 4) is 11.5 Å². The molecule has 7 heteroatoms. The number of nitrogen functional groups attached to an aromatic ring is 1. The number of likely N-dealkylation sites (N-methyl/N-ethyl adjacent to an activating group) is 1. The van der Waals surface area contributed by atoms with Crippen molar-refractivity contribution in [2.75, 3.05) is 44.4 Å². The second-order valence-corrected chi connectivity index (χ2v) is 6.34. The minimum atomic E-state index is -0.330. The standard InChI is InChI=1S/C20H26ClN3O3/c1-4-24(5-2)10-11-27-15-8-6-14(7-9-15)23-20(25)16-12-17(21)18(22)13-19(16)26-3/h6-9,12-13H,4-5,10-11,22H2,1-3H3,(H,23,25). The van der Waals surface area contributed by atoms with Crippen molar-refractivity contribution in [2.45, 2.75) is 13.8 Å². The van der Waals surface area contributed by atoms with E-state index >= 15 is 0 Å². The van der Waals surface area contributed by atoms with Crippen LogP contribution in [0.15, 0.2) is 36.4 Å². The van der Waals surface area contributed by atoms with Crippen LogP contribution in [0, 0.1) is 0 Å². The lowest BCUT2D eigenvalue weighted by atomic mass is 10.1. The van der Waals surface area contributed by atoms with Crippen LogP contribution in [0.1, 0.15) is 24.2 Å². The van der Waals surface area contributed by atoms with E-state index in [1.165, 1.54) is 19.2 Å².